The van der Waals surface area contributed by atoms with Crippen molar-refractivity contribution in [1.29, 1.82) is 0 Å². The van der Waals surface area contributed by atoms with Crippen molar-refractivity contribution < 1.29 is 4.42 Å². The van der Waals surface area contributed by atoms with Crippen LogP contribution in [0.2, 0.25) is 0 Å². The zero-order valence-electron chi connectivity index (χ0n) is 19.0. The van der Waals surface area contributed by atoms with Gasteiger partial charge in [-0.05, 0) is 90.6 Å². The summed E-state index contributed by atoms with van der Waals surface area (Å²) in [7, 11) is 0. The van der Waals surface area contributed by atoms with E-state index in [0.29, 0.717) is 0 Å². The monoisotopic (exact) mass is 444 g/mol. The minimum atomic E-state index is 0.926. The van der Waals surface area contributed by atoms with Gasteiger partial charge in [-0.15, -0.1) is 0 Å². The fourth-order valence-electron chi connectivity index (χ4n) is 5.75. The Bertz CT molecular complexity index is 2110. The summed E-state index contributed by atoms with van der Waals surface area (Å²) in [5, 5.41) is 12.4. The zero-order valence-corrected chi connectivity index (χ0v) is 19.0. The Morgan fingerprint density at radius 1 is 0.343 bits per heavy atom. The van der Waals surface area contributed by atoms with Crippen LogP contribution in [0.25, 0.3) is 76.2 Å². The smallest absolute Gasteiger partial charge is 0.136 e. The Balaban J connectivity index is 1.56. The molecule has 0 amide bonds. The number of rotatable bonds is 1. The predicted octanol–water partition coefficient (Wildman–Crippen LogP) is 9.87. The lowest BCUT2D eigenvalue weighted by Gasteiger charge is -2.13. The molecule has 162 valence electrons. The van der Waals surface area contributed by atoms with Crippen LogP contribution in [-0.2, 0) is 0 Å². The predicted molar refractivity (Wildman–Crippen MR) is 149 cm³/mol. The first-order chi connectivity index (χ1) is 17.3. The van der Waals surface area contributed by atoms with Crippen LogP contribution in [0.4, 0.5) is 0 Å². The fraction of sp³-hybridized carbons (Fsp3) is 0. The van der Waals surface area contributed by atoms with E-state index in [-0.39, 0.29) is 0 Å². The van der Waals surface area contributed by atoms with E-state index < -0.39 is 0 Å². The molecule has 1 heterocycles. The van der Waals surface area contributed by atoms with Crippen LogP contribution in [-0.4, -0.2) is 0 Å². The quantitative estimate of drug-likeness (QED) is 0.181. The molecule has 0 bridgehead atoms. The topological polar surface area (TPSA) is 13.1 Å². The molecule has 8 rings (SSSR count). The zero-order chi connectivity index (χ0) is 22.9. The maximum Gasteiger partial charge on any atom is 0.136 e. The molecule has 1 heteroatoms. The van der Waals surface area contributed by atoms with Gasteiger partial charge in [0.25, 0.3) is 0 Å². The van der Waals surface area contributed by atoms with Gasteiger partial charge in [0.15, 0.2) is 0 Å². The van der Waals surface area contributed by atoms with Gasteiger partial charge in [-0.1, -0.05) is 84.9 Å². The number of furan rings is 1. The number of benzene rings is 7. The second-order valence-electron chi connectivity index (χ2n) is 9.37. The minimum Gasteiger partial charge on any atom is -0.456 e. The van der Waals surface area contributed by atoms with Crippen LogP contribution in [0, 0.1) is 0 Å². The van der Waals surface area contributed by atoms with Gasteiger partial charge < -0.3 is 4.42 Å². The van der Waals surface area contributed by atoms with Crippen LogP contribution < -0.4 is 0 Å². The van der Waals surface area contributed by atoms with E-state index in [4.69, 9.17) is 4.42 Å². The lowest BCUT2D eigenvalue weighted by atomic mass is 9.89. The van der Waals surface area contributed by atoms with Gasteiger partial charge in [0.1, 0.15) is 11.2 Å². The van der Waals surface area contributed by atoms with Crippen molar-refractivity contribution in [3.8, 4) is 11.1 Å². The molecule has 1 nitrogen and oxygen atoms in total. The summed E-state index contributed by atoms with van der Waals surface area (Å²) in [5.41, 5.74) is 4.31. The van der Waals surface area contributed by atoms with Gasteiger partial charge in [-0.2, -0.15) is 0 Å². The van der Waals surface area contributed by atoms with Crippen molar-refractivity contribution in [1.82, 2.24) is 0 Å². The van der Waals surface area contributed by atoms with Crippen LogP contribution >= 0.6 is 0 Å². The van der Waals surface area contributed by atoms with E-state index in [0.717, 1.165) is 16.6 Å². The molecule has 1 aromatic heterocycles. The maximum atomic E-state index is 6.39. The highest BCUT2D eigenvalue weighted by molar-refractivity contribution is 6.22. The van der Waals surface area contributed by atoms with Crippen molar-refractivity contribution >= 4 is 65.0 Å². The first-order valence-corrected chi connectivity index (χ1v) is 12.0. The average Bonchev–Trinajstić information content (AvgIpc) is 3.28. The van der Waals surface area contributed by atoms with Gasteiger partial charge in [0, 0.05) is 10.8 Å². The first-order valence-electron chi connectivity index (χ1n) is 12.0. The molecule has 7 aromatic carbocycles. The van der Waals surface area contributed by atoms with E-state index in [1.54, 1.807) is 0 Å². The highest BCUT2D eigenvalue weighted by Gasteiger charge is 2.17. The standard InChI is InChI=1S/C34H20O/c1-2-9-22-17-30-28(16-21(22)8-1)26-13-6-5-12-25(26)19-29(30)27-14-7-15-32-34(27)31-18-23-10-3-4-11-24(23)20-33(31)35-32/h1-20H. The molecule has 0 aliphatic heterocycles. The van der Waals surface area contributed by atoms with E-state index in [1.165, 1.54) is 59.6 Å². The molecular formula is C34H20O. The van der Waals surface area contributed by atoms with Crippen LogP contribution in [0.15, 0.2) is 126 Å². The largest absolute Gasteiger partial charge is 0.456 e. The normalized spacial score (nSPS) is 12.0. The number of hydrogen-bond acceptors (Lipinski definition) is 1. The van der Waals surface area contributed by atoms with Gasteiger partial charge >= 0.3 is 0 Å². The highest BCUT2D eigenvalue weighted by atomic mass is 16.3. The molecule has 0 aliphatic carbocycles. The molecule has 0 N–H and O–H groups in total. The summed E-state index contributed by atoms with van der Waals surface area (Å²) in [6.07, 6.45) is 0. The summed E-state index contributed by atoms with van der Waals surface area (Å²) in [6.45, 7) is 0. The summed E-state index contributed by atoms with van der Waals surface area (Å²) in [6, 6.07) is 43.8. The summed E-state index contributed by atoms with van der Waals surface area (Å²) in [5.74, 6) is 0. The van der Waals surface area contributed by atoms with E-state index in [1.807, 2.05) is 0 Å². The Hall–Kier alpha value is -4.62. The highest BCUT2D eigenvalue weighted by Crippen LogP contribution is 2.43. The Morgan fingerprint density at radius 3 is 1.69 bits per heavy atom. The third-order valence-electron chi connectivity index (χ3n) is 7.38. The molecule has 0 atom stereocenters. The third kappa shape index (κ3) is 2.70. The van der Waals surface area contributed by atoms with E-state index in [9.17, 15) is 0 Å². The molecule has 0 fully saturated rings. The Kier molecular flexibility index (Phi) is 3.72. The van der Waals surface area contributed by atoms with Gasteiger partial charge in [-0.3, -0.25) is 0 Å². The van der Waals surface area contributed by atoms with Crippen LogP contribution in [0.3, 0.4) is 0 Å². The molecule has 0 spiro atoms. The van der Waals surface area contributed by atoms with Crippen LogP contribution in [0.5, 0.6) is 0 Å². The second-order valence-corrected chi connectivity index (χ2v) is 9.37. The minimum absolute atomic E-state index is 0.926. The molecular weight excluding hydrogens is 424 g/mol. The van der Waals surface area contributed by atoms with Crippen molar-refractivity contribution in [2.75, 3.05) is 0 Å². The summed E-state index contributed by atoms with van der Waals surface area (Å²) in [4.78, 5) is 0. The lowest BCUT2D eigenvalue weighted by Crippen LogP contribution is -1.87. The maximum absolute atomic E-state index is 6.39. The molecule has 0 saturated carbocycles. The molecule has 0 saturated heterocycles. The average molecular weight is 445 g/mol. The number of fused-ring (bicyclic) bond motifs is 8. The van der Waals surface area contributed by atoms with Crippen molar-refractivity contribution in [2.45, 2.75) is 0 Å². The molecule has 35 heavy (non-hydrogen) atoms. The van der Waals surface area contributed by atoms with Gasteiger partial charge in [0.05, 0.1) is 0 Å². The van der Waals surface area contributed by atoms with E-state index >= 15 is 0 Å². The fourth-order valence-corrected chi connectivity index (χ4v) is 5.75. The lowest BCUT2D eigenvalue weighted by molar-refractivity contribution is 0.669. The summed E-state index contributed by atoms with van der Waals surface area (Å²) < 4.78 is 6.39. The molecule has 0 aliphatic rings. The molecule has 8 aromatic rings. The van der Waals surface area contributed by atoms with Crippen LogP contribution in [0.1, 0.15) is 0 Å². The summed E-state index contributed by atoms with van der Waals surface area (Å²) >= 11 is 0. The number of hydrogen-bond donors (Lipinski definition) is 0. The third-order valence-corrected chi connectivity index (χ3v) is 7.38. The van der Waals surface area contributed by atoms with Crippen molar-refractivity contribution in [3.05, 3.63) is 121 Å². The molecule has 0 radical (unpaired) electrons. The Morgan fingerprint density at radius 2 is 0.943 bits per heavy atom. The first kappa shape index (κ1) is 18.8. The van der Waals surface area contributed by atoms with E-state index in [2.05, 4.69) is 121 Å². The van der Waals surface area contributed by atoms with Crippen molar-refractivity contribution in [2.24, 2.45) is 0 Å². The van der Waals surface area contributed by atoms with Crippen molar-refractivity contribution in [3.63, 3.8) is 0 Å². The SMILES string of the molecule is c1ccc2cc3c(cc2c1)oc1cccc(-c2cc4ccccc4c4cc5ccccc5cc24)c13. The second kappa shape index (κ2) is 6.94. The van der Waals surface area contributed by atoms with Gasteiger partial charge in [-0.25, -0.2) is 0 Å². The van der Waals surface area contributed by atoms with Gasteiger partial charge in [0.2, 0.25) is 0 Å². The Labute approximate surface area is 201 Å². The molecule has 0 unspecified atom stereocenters.